The molecule has 2 aromatic heterocycles. The normalized spacial score (nSPS) is 16.2. The first kappa shape index (κ1) is 25.5. The Kier molecular flexibility index (Phi) is 6.92. The van der Waals surface area contributed by atoms with E-state index in [0.717, 1.165) is 4.47 Å². The molecule has 38 heavy (non-hydrogen) atoms. The molecule has 0 saturated heterocycles. The van der Waals surface area contributed by atoms with Crippen LogP contribution in [-0.4, -0.2) is 43.4 Å². The summed E-state index contributed by atoms with van der Waals surface area (Å²) in [7, 11) is 3.97. The summed E-state index contributed by atoms with van der Waals surface area (Å²) in [4.78, 5) is 32.4. The van der Waals surface area contributed by atoms with Gasteiger partial charge in [0.2, 0.25) is 5.76 Å². The van der Waals surface area contributed by atoms with Crippen LogP contribution in [-0.2, 0) is 9.47 Å². The van der Waals surface area contributed by atoms with E-state index in [4.69, 9.17) is 18.6 Å². The Morgan fingerprint density at radius 1 is 1.00 bits per heavy atom. The van der Waals surface area contributed by atoms with Crippen molar-refractivity contribution >= 4 is 39.2 Å². The first-order chi connectivity index (χ1) is 18.4. The molecule has 0 spiro atoms. The molecule has 1 N–H and O–H groups in total. The highest BCUT2D eigenvalue weighted by Gasteiger charge is 2.44. The minimum absolute atomic E-state index is 0.130. The number of rotatable bonds is 5. The Hall–Kier alpha value is -4.15. The molecule has 1 aliphatic heterocycles. The fraction of sp³-hybridized carbons (Fsp3) is 0.179. The predicted octanol–water partition coefficient (Wildman–Crippen LogP) is 5.61. The molecule has 194 valence electrons. The highest BCUT2D eigenvalue weighted by molar-refractivity contribution is 9.10. The molecule has 1 aliphatic rings. The number of carbonyl (C=O) groups excluding carboxylic acids is 2. The van der Waals surface area contributed by atoms with Crippen molar-refractivity contribution in [1.29, 1.82) is 0 Å². The highest BCUT2D eigenvalue weighted by Crippen LogP contribution is 2.54. The number of esters is 2. The molecule has 5 rings (SSSR count). The zero-order chi connectivity index (χ0) is 27.0. The van der Waals surface area contributed by atoms with Crippen LogP contribution in [0.3, 0.4) is 0 Å². The lowest BCUT2D eigenvalue weighted by atomic mass is 9.95. The number of methoxy groups -OCH3 is 3. The van der Waals surface area contributed by atoms with Crippen molar-refractivity contribution in [1.82, 2.24) is 4.98 Å². The first-order valence-corrected chi connectivity index (χ1v) is 12.3. The van der Waals surface area contributed by atoms with E-state index >= 15 is 0 Å². The zero-order valence-corrected chi connectivity index (χ0v) is 22.3. The fourth-order valence-electron chi connectivity index (χ4n) is 4.68. The summed E-state index contributed by atoms with van der Waals surface area (Å²) in [6.07, 6.45) is 0.493. The van der Waals surface area contributed by atoms with E-state index in [-0.39, 0.29) is 22.8 Å². The van der Waals surface area contributed by atoms with Gasteiger partial charge in [-0.2, -0.15) is 0 Å². The van der Waals surface area contributed by atoms with Crippen LogP contribution in [0.15, 0.2) is 75.8 Å². The number of halogens is 1. The lowest BCUT2D eigenvalue weighted by molar-refractivity contribution is 0.0529. The number of carbonyl (C=O) groups is 2. The monoisotopic (exact) mass is 578 g/mol. The summed E-state index contributed by atoms with van der Waals surface area (Å²) in [6, 6.07) is 16.9. The third kappa shape index (κ3) is 4.21. The van der Waals surface area contributed by atoms with Crippen LogP contribution in [0.1, 0.15) is 44.3 Å². The second kappa shape index (κ2) is 10.3. The number of aliphatic hydroxyl groups excluding tert-OH is 1. The zero-order valence-electron chi connectivity index (χ0n) is 20.7. The maximum absolute atomic E-state index is 13.2. The van der Waals surface area contributed by atoms with Crippen LogP contribution in [0.5, 0.6) is 5.75 Å². The Balaban J connectivity index is 1.93. The summed E-state index contributed by atoms with van der Waals surface area (Å²) in [5.41, 5.74) is 2.20. The Labute approximate surface area is 226 Å². The number of furan rings is 1. The van der Waals surface area contributed by atoms with E-state index in [2.05, 4.69) is 20.9 Å². The quantitative estimate of drug-likeness (QED) is 0.302. The van der Waals surface area contributed by atoms with Crippen molar-refractivity contribution in [2.24, 2.45) is 0 Å². The topological polar surface area (TPSA) is 111 Å². The van der Waals surface area contributed by atoms with E-state index in [1.54, 1.807) is 72.8 Å². The summed E-state index contributed by atoms with van der Waals surface area (Å²) < 4.78 is 22.2. The van der Waals surface area contributed by atoms with Gasteiger partial charge in [-0.1, -0.05) is 22.0 Å². The van der Waals surface area contributed by atoms with E-state index < -0.39 is 24.1 Å². The maximum atomic E-state index is 13.2. The first-order valence-electron chi connectivity index (χ1n) is 11.5. The van der Waals surface area contributed by atoms with Gasteiger partial charge in [0, 0.05) is 21.9 Å². The molecule has 9 nitrogen and oxygen atoms in total. The minimum Gasteiger partial charge on any atom is -0.497 e. The molecular weight excluding hydrogens is 556 g/mol. The predicted molar refractivity (Wildman–Crippen MR) is 142 cm³/mol. The third-order valence-corrected chi connectivity index (χ3v) is 6.87. The van der Waals surface area contributed by atoms with Crippen molar-refractivity contribution in [3.63, 3.8) is 0 Å². The second-order valence-corrected chi connectivity index (χ2v) is 9.33. The van der Waals surface area contributed by atoms with Gasteiger partial charge in [-0.15, -0.1) is 0 Å². The number of aliphatic hydroxyl groups is 1. The molecule has 0 fully saturated rings. The molecule has 2 atom stereocenters. The number of anilines is 2. The van der Waals surface area contributed by atoms with Crippen LogP contribution in [0, 0.1) is 0 Å². The third-order valence-electron chi connectivity index (χ3n) is 6.38. The molecule has 0 amide bonds. The van der Waals surface area contributed by atoms with Crippen molar-refractivity contribution in [2.45, 2.75) is 12.1 Å². The molecule has 0 bridgehead atoms. The number of benzene rings is 2. The smallest absolute Gasteiger partial charge is 0.374 e. The van der Waals surface area contributed by atoms with E-state index in [0.29, 0.717) is 28.3 Å². The molecule has 0 saturated carbocycles. The molecular formula is C28H23BrN2O7. The van der Waals surface area contributed by atoms with Gasteiger partial charge in [0.1, 0.15) is 29.1 Å². The minimum atomic E-state index is -1.13. The number of aromatic nitrogens is 1. The molecule has 3 heterocycles. The van der Waals surface area contributed by atoms with Gasteiger partial charge < -0.3 is 28.6 Å². The molecule has 2 aromatic carbocycles. The average molecular weight is 579 g/mol. The fourth-order valence-corrected chi connectivity index (χ4v) is 5.05. The number of ether oxygens (including phenoxy) is 3. The van der Waals surface area contributed by atoms with E-state index in [1.165, 1.54) is 14.2 Å². The molecule has 0 radical (unpaired) electrons. The van der Waals surface area contributed by atoms with Crippen LogP contribution < -0.4 is 9.64 Å². The average Bonchev–Trinajstić information content (AvgIpc) is 3.31. The van der Waals surface area contributed by atoms with Crippen molar-refractivity contribution in [3.8, 4) is 17.1 Å². The number of pyridine rings is 1. The molecule has 0 unspecified atom stereocenters. The number of hydrogen-bond donors (Lipinski definition) is 1. The van der Waals surface area contributed by atoms with Gasteiger partial charge in [0.15, 0.2) is 5.76 Å². The van der Waals surface area contributed by atoms with Gasteiger partial charge >= 0.3 is 11.9 Å². The SMILES string of the molecule is COC(=O)c1oc2c(c1C(=O)OC)N(c1ccc(OC)cc1)[C@H](c1ccccn1)[C@@H](O)c1cc(Br)ccc1-2. The highest BCUT2D eigenvalue weighted by atomic mass is 79.9. The second-order valence-electron chi connectivity index (χ2n) is 8.41. The standard InChI is InChI=1S/C28H23BrN2O7/c1-35-17-10-8-16(9-11-17)31-22(20-6-4-5-13-30-20)24(32)19-14-15(29)7-12-18(19)25-23(31)21(27(33)36-2)26(38-25)28(34)37-3/h4-14,22,24,32H,1-3H3/t22-,24+/m1/s1. The van der Waals surface area contributed by atoms with E-state index in [9.17, 15) is 14.7 Å². The van der Waals surface area contributed by atoms with Gasteiger partial charge in [-0.25, -0.2) is 9.59 Å². The molecule has 10 heteroatoms. The van der Waals surface area contributed by atoms with Gasteiger partial charge in [-0.3, -0.25) is 4.98 Å². The van der Waals surface area contributed by atoms with Crippen molar-refractivity contribution < 1.29 is 33.3 Å². The molecule has 4 aromatic rings. The Bertz CT molecular complexity index is 1500. The Morgan fingerprint density at radius 3 is 2.37 bits per heavy atom. The lowest BCUT2D eigenvalue weighted by Crippen LogP contribution is -2.30. The lowest BCUT2D eigenvalue weighted by Gasteiger charge is -2.35. The van der Waals surface area contributed by atoms with Gasteiger partial charge in [0.25, 0.3) is 0 Å². The van der Waals surface area contributed by atoms with E-state index in [1.807, 2.05) is 6.07 Å². The number of nitrogens with zero attached hydrogens (tertiary/aromatic N) is 2. The van der Waals surface area contributed by atoms with Crippen molar-refractivity contribution in [3.05, 3.63) is 93.9 Å². The Morgan fingerprint density at radius 2 is 1.74 bits per heavy atom. The van der Waals surface area contributed by atoms with Crippen LogP contribution in [0.4, 0.5) is 11.4 Å². The largest absolute Gasteiger partial charge is 0.497 e. The van der Waals surface area contributed by atoms with Crippen LogP contribution in [0.25, 0.3) is 11.3 Å². The summed E-state index contributed by atoms with van der Waals surface area (Å²) in [6.45, 7) is 0. The van der Waals surface area contributed by atoms with Crippen LogP contribution >= 0.6 is 15.9 Å². The van der Waals surface area contributed by atoms with Gasteiger partial charge in [0.05, 0.1) is 27.0 Å². The summed E-state index contributed by atoms with van der Waals surface area (Å²) in [5, 5.41) is 11.9. The number of hydrogen-bond acceptors (Lipinski definition) is 9. The maximum Gasteiger partial charge on any atom is 0.374 e. The van der Waals surface area contributed by atoms with Gasteiger partial charge in [-0.05, 0) is 60.2 Å². The summed E-state index contributed by atoms with van der Waals surface area (Å²) in [5.74, 6) is -1.15. The van der Waals surface area contributed by atoms with Crippen LogP contribution in [0.2, 0.25) is 0 Å². The molecule has 0 aliphatic carbocycles. The number of fused-ring (bicyclic) bond motifs is 3. The van der Waals surface area contributed by atoms with Crippen molar-refractivity contribution in [2.75, 3.05) is 26.2 Å². The summed E-state index contributed by atoms with van der Waals surface area (Å²) >= 11 is 3.49.